The van der Waals surface area contributed by atoms with E-state index in [0.717, 1.165) is 11.1 Å². The SMILES string of the molecule is CC(C)=CC(=O)N[C@@H](CO)Cc1ccccc1. The topological polar surface area (TPSA) is 49.3 Å². The second kappa shape index (κ2) is 6.86. The monoisotopic (exact) mass is 233 g/mol. The Kier molecular flexibility index (Phi) is 5.43. The number of aliphatic hydroxyl groups excluding tert-OH is 1. The number of benzene rings is 1. The molecule has 92 valence electrons. The van der Waals surface area contributed by atoms with E-state index in [2.05, 4.69) is 5.32 Å². The molecule has 0 aromatic heterocycles. The van der Waals surface area contributed by atoms with Crippen LogP contribution in [-0.2, 0) is 11.2 Å². The van der Waals surface area contributed by atoms with Crippen molar-refractivity contribution < 1.29 is 9.90 Å². The molecule has 0 saturated heterocycles. The molecule has 0 spiro atoms. The van der Waals surface area contributed by atoms with Gasteiger partial charge in [-0.2, -0.15) is 0 Å². The second-order valence-corrected chi connectivity index (χ2v) is 4.30. The van der Waals surface area contributed by atoms with E-state index in [-0.39, 0.29) is 18.6 Å². The number of allylic oxidation sites excluding steroid dienone is 1. The third-order valence-electron chi connectivity index (χ3n) is 2.31. The van der Waals surface area contributed by atoms with Crippen LogP contribution in [0.15, 0.2) is 42.0 Å². The van der Waals surface area contributed by atoms with Crippen molar-refractivity contribution in [1.82, 2.24) is 5.32 Å². The maximum absolute atomic E-state index is 11.5. The number of carbonyl (C=O) groups excluding carboxylic acids is 1. The molecule has 3 nitrogen and oxygen atoms in total. The summed E-state index contributed by atoms with van der Waals surface area (Å²) in [6.07, 6.45) is 2.17. The highest BCUT2D eigenvalue weighted by Gasteiger charge is 2.10. The molecular weight excluding hydrogens is 214 g/mol. The largest absolute Gasteiger partial charge is 0.394 e. The Balaban J connectivity index is 2.55. The van der Waals surface area contributed by atoms with Gasteiger partial charge in [-0.25, -0.2) is 0 Å². The number of hydrogen-bond acceptors (Lipinski definition) is 2. The smallest absolute Gasteiger partial charge is 0.244 e. The first-order valence-electron chi connectivity index (χ1n) is 5.72. The van der Waals surface area contributed by atoms with Gasteiger partial charge in [-0.1, -0.05) is 35.9 Å². The number of hydrogen-bond donors (Lipinski definition) is 2. The number of rotatable bonds is 5. The summed E-state index contributed by atoms with van der Waals surface area (Å²) in [5.41, 5.74) is 2.04. The fourth-order valence-electron chi connectivity index (χ4n) is 1.56. The van der Waals surface area contributed by atoms with Crippen molar-refractivity contribution >= 4 is 5.91 Å². The Morgan fingerprint density at radius 2 is 2.00 bits per heavy atom. The average Bonchev–Trinajstić information content (AvgIpc) is 2.28. The summed E-state index contributed by atoms with van der Waals surface area (Å²) in [6, 6.07) is 9.56. The predicted octanol–water partition coefficient (Wildman–Crippen LogP) is 1.67. The van der Waals surface area contributed by atoms with Gasteiger partial charge in [0.2, 0.25) is 5.91 Å². The zero-order valence-corrected chi connectivity index (χ0v) is 10.3. The van der Waals surface area contributed by atoms with E-state index in [9.17, 15) is 9.90 Å². The quantitative estimate of drug-likeness (QED) is 0.760. The van der Waals surface area contributed by atoms with Crippen LogP contribution in [0.25, 0.3) is 0 Å². The van der Waals surface area contributed by atoms with Crippen LogP contribution < -0.4 is 5.32 Å². The lowest BCUT2D eigenvalue weighted by atomic mass is 10.1. The van der Waals surface area contributed by atoms with Gasteiger partial charge in [0.15, 0.2) is 0 Å². The number of nitrogens with one attached hydrogen (secondary N) is 1. The van der Waals surface area contributed by atoms with E-state index in [4.69, 9.17) is 0 Å². The Morgan fingerprint density at radius 3 is 2.53 bits per heavy atom. The van der Waals surface area contributed by atoms with Crippen molar-refractivity contribution in [3.63, 3.8) is 0 Å². The first-order valence-corrected chi connectivity index (χ1v) is 5.72. The number of carbonyl (C=O) groups is 1. The van der Waals surface area contributed by atoms with E-state index >= 15 is 0 Å². The standard InChI is InChI=1S/C14H19NO2/c1-11(2)8-14(17)15-13(10-16)9-12-6-4-3-5-7-12/h3-8,13,16H,9-10H2,1-2H3,(H,15,17)/t13-/m1/s1. The van der Waals surface area contributed by atoms with Crippen molar-refractivity contribution in [2.75, 3.05) is 6.61 Å². The third kappa shape index (κ3) is 5.31. The fraction of sp³-hybridized carbons (Fsp3) is 0.357. The van der Waals surface area contributed by atoms with E-state index in [0.29, 0.717) is 6.42 Å². The van der Waals surface area contributed by atoms with Gasteiger partial charge < -0.3 is 10.4 Å². The molecule has 0 unspecified atom stereocenters. The lowest BCUT2D eigenvalue weighted by molar-refractivity contribution is -0.117. The van der Waals surface area contributed by atoms with Crippen molar-refractivity contribution in [2.45, 2.75) is 26.3 Å². The highest BCUT2D eigenvalue weighted by atomic mass is 16.3. The molecule has 1 rings (SSSR count). The van der Waals surface area contributed by atoms with Crippen molar-refractivity contribution in [3.8, 4) is 0 Å². The summed E-state index contributed by atoms with van der Waals surface area (Å²) >= 11 is 0. The van der Waals surface area contributed by atoms with Crippen LogP contribution in [0.5, 0.6) is 0 Å². The molecule has 0 aliphatic heterocycles. The zero-order chi connectivity index (χ0) is 12.7. The molecule has 2 N–H and O–H groups in total. The fourth-order valence-corrected chi connectivity index (χ4v) is 1.56. The molecule has 0 radical (unpaired) electrons. The van der Waals surface area contributed by atoms with Crippen LogP contribution in [0.1, 0.15) is 19.4 Å². The Hall–Kier alpha value is -1.61. The maximum Gasteiger partial charge on any atom is 0.244 e. The summed E-state index contributed by atoms with van der Waals surface area (Å²) < 4.78 is 0. The minimum absolute atomic E-state index is 0.0583. The van der Waals surface area contributed by atoms with E-state index in [1.807, 2.05) is 44.2 Å². The van der Waals surface area contributed by atoms with Crippen molar-refractivity contribution in [3.05, 3.63) is 47.5 Å². The molecule has 0 bridgehead atoms. The van der Waals surface area contributed by atoms with Gasteiger partial charge in [0.05, 0.1) is 12.6 Å². The van der Waals surface area contributed by atoms with Crippen LogP contribution in [0.2, 0.25) is 0 Å². The molecule has 0 heterocycles. The van der Waals surface area contributed by atoms with E-state index in [1.165, 1.54) is 6.08 Å². The molecule has 3 heteroatoms. The molecule has 1 aromatic carbocycles. The second-order valence-electron chi connectivity index (χ2n) is 4.30. The van der Waals surface area contributed by atoms with Gasteiger partial charge in [0.25, 0.3) is 0 Å². The average molecular weight is 233 g/mol. The van der Waals surface area contributed by atoms with Gasteiger partial charge in [-0.3, -0.25) is 4.79 Å². The molecule has 0 fully saturated rings. The zero-order valence-electron chi connectivity index (χ0n) is 10.3. The summed E-state index contributed by atoms with van der Waals surface area (Å²) in [5, 5.41) is 12.0. The minimum Gasteiger partial charge on any atom is -0.394 e. The van der Waals surface area contributed by atoms with E-state index < -0.39 is 0 Å². The third-order valence-corrected chi connectivity index (χ3v) is 2.31. The molecule has 17 heavy (non-hydrogen) atoms. The maximum atomic E-state index is 11.5. The highest BCUT2D eigenvalue weighted by molar-refractivity contribution is 5.88. The van der Waals surface area contributed by atoms with Gasteiger partial charge in [0.1, 0.15) is 0 Å². The van der Waals surface area contributed by atoms with Gasteiger partial charge in [0, 0.05) is 6.08 Å². The molecule has 0 saturated carbocycles. The lowest BCUT2D eigenvalue weighted by Gasteiger charge is -2.15. The highest BCUT2D eigenvalue weighted by Crippen LogP contribution is 2.03. The summed E-state index contributed by atoms with van der Waals surface area (Å²) in [5.74, 6) is -0.153. The number of amides is 1. The summed E-state index contributed by atoms with van der Waals surface area (Å²) in [4.78, 5) is 11.5. The van der Waals surface area contributed by atoms with Crippen molar-refractivity contribution in [1.29, 1.82) is 0 Å². The molecule has 1 aromatic rings. The first kappa shape index (κ1) is 13.5. The van der Waals surface area contributed by atoms with Crippen molar-refractivity contribution in [2.24, 2.45) is 0 Å². The predicted molar refractivity (Wildman–Crippen MR) is 68.6 cm³/mol. The van der Waals surface area contributed by atoms with Gasteiger partial charge >= 0.3 is 0 Å². The Bertz CT molecular complexity index is 380. The number of aliphatic hydroxyl groups is 1. The van der Waals surface area contributed by atoms with Crippen LogP contribution in [0.4, 0.5) is 0 Å². The summed E-state index contributed by atoms with van der Waals surface area (Å²) in [6.45, 7) is 3.67. The molecule has 1 atom stereocenters. The molecule has 0 aliphatic rings. The minimum atomic E-state index is -0.236. The molecule has 0 aliphatic carbocycles. The lowest BCUT2D eigenvalue weighted by Crippen LogP contribution is -2.38. The van der Waals surface area contributed by atoms with Crippen LogP contribution in [-0.4, -0.2) is 23.7 Å². The Labute approximate surface area is 102 Å². The van der Waals surface area contributed by atoms with Gasteiger partial charge in [-0.15, -0.1) is 0 Å². The molecular formula is C14H19NO2. The van der Waals surface area contributed by atoms with Crippen LogP contribution >= 0.6 is 0 Å². The van der Waals surface area contributed by atoms with Gasteiger partial charge in [-0.05, 0) is 25.8 Å². The Morgan fingerprint density at radius 1 is 1.35 bits per heavy atom. The summed E-state index contributed by atoms with van der Waals surface area (Å²) in [7, 11) is 0. The molecule has 1 amide bonds. The van der Waals surface area contributed by atoms with Crippen LogP contribution in [0, 0.1) is 0 Å². The van der Waals surface area contributed by atoms with Crippen LogP contribution in [0.3, 0.4) is 0 Å². The first-order chi connectivity index (χ1) is 8.11. The van der Waals surface area contributed by atoms with E-state index in [1.54, 1.807) is 0 Å². The normalized spacial score (nSPS) is 11.7.